The van der Waals surface area contributed by atoms with Gasteiger partial charge < -0.3 is 9.84 Å². The molecule has 0 bridgehead atoms. The Morgan fingerprint density at radius 3 is 2.64 bits per heavy atom. The fourth-order valence-electron chi connectivity index (χ4n) is 4.99. The lowest BCUT2D eigenvalue weighted by Crippen LogP contribution is -2.42. The van der Waals surface area contributed by atoms with Crippen molar-refractivity contribution in [3.05, 3.63) is 59.2 Å². The normalized spacial score (nSPS) is 27.7. The van der Waals surface area contributed by atoms with Crippen molar-refractivity contribution >= 4 is 0 Å². The highest BCUT2D eigenvalue weighted by Crippen LogP contribution is 2.48. The van der Waals surface area contributed by atoms with Crippen molar-refractivity contribution in [1.82, 2.24) is 14.9 Å². The third kappa shape index (κ3) is 3.97. The molecule has 0 radical (unpaired) electrons. The lowest BCUT2D eigenvalue weighted by atomic mass is 9.67. The molecule has 1 aromatic carbocycles. The Balaban J connectivity index is 1.44. The van der Waals surface area contributed by atoms with Gasteiger partial charge in [-0.15, -0.1) is 0 Å². The minimum absolute atomic E-state index is 0.297. The first-order valence-corrected chi connectivity index (χ1v) is 10.4. The molecule has 1 aliphatic carbocycles. The molecule has 2 fully saturated rings. The summed E-state index contributed by atoms with van der Waals surface area (Å²) in [4.78, 5) is 11.4. The molecule has 150 valence electrons. The van der Waals surface area contributed by atoms with Crippen molar-refractivity contribution in [3.8, 4) is 0 Å². The quantitative estimate of drug-likeness (QED) is 0.833. The number of benzene rings is 1. The van der Waals surface area contributed by atoms with E-state index in [0.717, 1.165) is 55.8 Å². The lowest BCUT2D eigenvalue weighted by Gasteiger charge is -2.41. The summed E-state index contributed by atoms with van der Waals surface area (Å²) in [6.07, 6.45) is 7.79. The number of hydrogen-bond acceptors (Lipinski definition) is 5. The molecule has 3 atom stereocenters. The van der Waals surface area contributed by atoms with Crippen LogP contribution in [0.4, 0.5) is 0 Å². The number of hydrogen-bond donors (Lipinski definition) is 1. The van der Waals surface area contributed by atoms with E-state index in [1.165, 1.54) is 12.0 Å². The first-order valence-electron chi connectivity index (χ1n) is 10.4. The molecule has 5 nitrogen and oxygen atoms in total. The number of aryl methyl sites for hydroxylation is 1. The summed E-state index contributed by atoms with van der Waals surface area (Å²) in [5, 5.41) is 11.6. The zero-order chi connectivity index (χ0) is 19.6. The van der Waals surface area contributed by atoms with Crippen LogP contribution in [0.3, 0.4) is 0 Å². The van der Waals surface area contributed by atoms with Crippen LogP contribution in [-0.2, 0) is 23.3 Å². The third-order valence-electron chi connectivity index (χ3n) is 6.51. The number of rotatable bonds is 6. The molecule has 1 aliphatic heterocycles. The molecule has 2 heterocycles. The lowest BCUT2D eigenvalue weighted by molar-refractivity contribution is -0.0648. The summed E-state index contributed by atoms with van der Waals surface area (Å²) in [6.45, 7) is 5.57. The maximum Gasteiger partial charge on any atom is 0.130 e. The number of nitrogens with zero attached hydrogens (tertiary/aromatic N) is 3. The Hall–Kier alpha value is -1.82. The van der Waals surface area contributed by atoms with Gasteiger partial charge in [-0.1, -0.05) is 29.8 Å². The second-order valence-electron chi connectivity index (χ2n) is 8.49. The van der Waals surface area contributed by atoms with E-state index in [1.54, 1.807) is 7.11 Å². The SMILES string of the molecule is COCCc1ncc(CN2C[C@@H]3CCC[C@](O)(c4ccc(C)cc4)[C@H]3C2)cn1. The van der Waals surface area contributed by atoms with Gasteiger partial charge in [-0.3, -0.25) is 4.90 Å². The average Bonchev–Trinajstić information content (AvgIpc) is 3.12. The van der Waals surface area contributed by atoms with Crippen LogP contribution in [0.2, 0.25) is 0 Å². The van der Waals surface area contributed by atoms with Gasteiger partial charge in [-0.2, -0.15) is 0 Å². The van der Waals surface area contributed by atoms with E-state index in [4.69, 9.17) is 4.74 Å². The van der Waals surface area contributed by atoms with Crippen LogP contribution >= 0.6 is 0 Å². The Morgan fingerprint density at radius 1 is 1.18 bits per heavy atom. The van der Waals surface area contributed by atoms with Crippen molar-refractivity contribution in [2.24, 2.45) is 11.8 Å². The van der Waals surface area contributed by atoms with Crippen molar-refractivity contribution in [1.29, 1.82) is 0 Å². The molecule has 28 heavy (non-hydrogen) atoms. The standard InChI is InChI=1S/C23H31N3O2/c1-17-5-7-20(8-6-17)23(27)10-3-4-19-15-26(16-21(19)23)14-18-12-24-22(25-13-18)9-11-28-2/h5-8,12-13,19,21,27H,3-4,9-11,14-16H2,1-2H3/t19-,21-,23-/m0/s1. The number of ether oxygens (including phenoxy) is 1. The van der Waals surface area contributed by atoms with E-state index in [0.29, 0.717) is 18.4 Å². The number of fused-ring (bicyclic) bond motifs is 1. The predicted molar refractivity (Wildman–Crippen MR) is 109 cm³/mol. The average molecular weight is 382 g/mol. The smallest absolute Gasteiger partial charge is 0.130 e. The maximum absolute atomic E-state index is 11.6. The monoisotopic (exact) mass is 381 g/mol. The zero-order valence-electron chi connectivity index (χ0n) is 17.0. The highest BCUT2D eigenvalue weighted by molar-refractivity contribution is 5.28. The largest absolute Gasteiger partial charge is 0.385 e. The molecule has 1 saturated carbocycles. The van der Waals surface area contributed by atoms with Gasteiger partial charge in [0, 0.05) is 57.0 Å². The topological polar surface area (TPSA) is 58.5 Å². The van der Waals surface area contributed by atoms with Gasteiger partial charge in [0.1, 0.15) is 5.82 Å². The van der Waals surface area contributed by atoms with Gasteiger partial charge in [0.05, 0.1) is 12.2 Å². The molecule has 4 rings (SSSR count). The highest BCUT2D eigenvalue weighted by Gasteiger charge is 2.49. The minimum atomic E-state index is -0.703. The van der Waals surface area contributed by atoms with Gasteiger partial charge in [0.25, 0.3) is 0 Å². The van der Waals surface area contributed by atoms with Crippen LogP contribution < -0.4 is 0 Å². The second-order valence-corrected chi connectivity index (χ2v) is 8.49. The molecule has 0 unspecified atom stereocenters. The summed E-state index contributed by atoms with van der Waals surface area (Å²) in [5.74, 6) is 1.68. The van der Waals surface area contributed by atoms with Crippen molar-refractivity contribution in [3.63, 3.8) is 0 Å². The summed E-state index contributed by atoms with van der Waals surface area (Å²) in [5.41, 5.74) is 2.76. The number of methoxy groups -OCH3 is 1. The van der Waals surface area contributed by atoms with Crippen LogP contribution in [0.5, 0.6) is 0 Å². The number of aromatic nitrogens is 2. The molecule has 1 aromatic heterocycles. The fraction of sp³-hybridized carbons (Fsp3) is 0.565. The third-order valence-corrected chi connectivity index (χ3v) is 6.51. The molecule has 5 heteroatoms. The van der Waals surface area contributed by atoms with E-state index in [9.17, 15) is 5.11 Å². The van der Waals surface area contributed by atoms with Crippen molar-refractivity contribution < 1.29 is 9.84 Å². The minimum Gasteiger partial charge on any atom is -0.385 e. The van der Waals surface area contributed by atoms with E-state index in [1.807, 2.05) is 12.4 Å². The number of likely N-dealkylation sites (tertiary alicyclic amines) is 1. The molecule has 1 saturated heterocycles. The molecule has 1 N–H and O–H groups in total. The first kappa shape index (κ1) is 19.5. The summed E-state index contributed by atoms with van der Waals surface area (Å²) in [6, 6.07) is 8.47. The van der Waals surface area contributed by atoms with Gasteiger partial charge in [-0.25, -0.2) is 9.97 Å². The summed E-state index contributed by atoms with van der Waals surface area (Å²) >= 11 is 0. The molecule has 2 aliphatic rings. The number of aliphatic hydroxyl groups is 1. The zero-order valence-corrected chi connectivity index (χ0v) is 17.0. The van der Waals surface area contributed by atoms with E-state index < -0.39 is 5.60 Å². The first-order chi connectivity index (χ1) is 13.6. The van der Waals surface area contributed by atoms with Crippen LogP contribution in [0.25, 0.3) is 0 Å². The highest BCUT2D eigenvalue weighted by atomic mass is 16.5. The second kappa shape index (κ2) is 8.27. The summed E-state index contributed by atoms with van der Waals surface area (Å²) < 4.78 is 5.09. The maximum atomic E-state index is 11.6. The van der Waals surface area contributed by atoms with E-state index >= 15 is 0 Å². The predicted octanol–water partition coefficient (Wildman–Crippen LogP) is 3.09. The molecular weight excluding hydrogens is 350 g/mol. The van der Waals surface area contributed by atoms with Crippen molar-refractivity contribution in [2.75, 3.05) is 26.8 Å². The van der Waals surface area contributed by atoms with Crippen LogP contribution in [0.1, 0.15) is 41.8 Å². The van der Waals surface area contributed by atoms with E-state index in [-0.39, 0.29) is 0 Å². The molecule has 0 amide bonds. The Bertz CT molecular complexity index is 777. The van der Waals surface area contributed by atoms with Crippen molar-refractivity contribution in [2.45, 2.75) is 44.8 Å². The van der Waals surface area contributed by atoms with Gasteiger partial charge in [0.15, 0.2) is 0 Å². The summed E-state index contributed by atoms with van der Waals surface area (Å²) in [7, 11) is 1.69. The molecular formula is C23H31N3O2. The van der Waals surface area contributed by atoms with Crippen LogP contribution in [-0.4, -0.2) is 46.8 Å². The fourth-order valence-corrected chi connectivity index (χ4v) is 4.99. The molecule has 0 spiro atoms. The van der Waals surface area contributed by atoms with E-state index in [2.05, 4.69) is 46.1 Å². The van der Waals surface area contributed by atoms with Gasteiger partial charge in [-0.05, 0) is 37.7 Å². The van der Waals surface area contributed by atoms with Gasteiger partial charge in [0.2, 0.25) is 0 Å². The Labute approximate surface area is 167 Å². The molecule has 2 aromatic rings. The van der Waals surface area contributed by atoms with Crippen LogP contribution in [0, 0.1) is 18.8 Å². The Kier molecular flexibility index (Phi) is 5.76. The Morgan fingerprint density at radius 2 is 1.93 bits per heavy atom. The van der Waals surface area contributed by atoms with Crippen LogP contribution in [0.15, 0.2) is 36.7 Å². The van der Waals surface area contributed by atoms with Gasteiger partial charge >= 0.3 is 0 Å².